The average Bonchev–Trinajstić information content (AvgIpc) is 3.73. The molecule has 8 nitrogen and oxygen atoms in total. The van der Waals surface area contributed by atoms with E-state index in [0.717, 1.165) is 31.2 Å². The first-order valence-corrected chi connectivity index (χ1v) is 14.5. The molecule has 216 valence electrons. The van der Waals surface area contributed by atoms with Gasteiger partial charge in [0.1, 0.15) is 11.5 Å². The van der Waals surface area contributed by atoms with Gasteiger partial charge in [0.05, 0.1) is 38.3 Å². The summed E-state index contributed by atoms with van der Waals surface area (Å²) in [5, 5.41) is 8.66. The maximum absolute atomic E-state index is 12.3. The maximum atomic E-state index is 12.3. The number of carbonyl (C=O) groups excluding carboxylic acids is 3. The van der Waals surface area contributed by atoms with Crippen LogP contribution in [0.1, 0.15) is 81.5 Å². The summed E-state index contributed by atoms with van der Waals surface area (Å²) in [5.41, 5.74) is 7.47. The zero-order valence-corrected chi connectivity index (χ0v) is 23.4. The molecule has 40 heavy (non-hydrogen) atoms. The van der Waals surface area contributed by atoms with E-state index in [1.807, 2.05) is 48.5 Å². The van der Waals surface area contributed by atoms with Crippen molar-refractivity contribution in [3.63, 3.8) is 0 Å². The number of esters is 1. The summed E-state index contributed by atoms with van der Waals surface area (Å²) < 4.78 is 10.9. The fourth-order valence-corrected chi connectivity index (χ4v) is 6.38. The Bertz CT molecular complexity index is 1130. The van der Waals surface area contributed by atoms with Crippen LogP contribution >= 0.6 is 0 Å². The van der Waals surface area contributed by atoms with E-state index in [0.29, 0.717) is 32.0 Å². The molecule has 0 bridgehead atoms. The topological polar surface area (TPSA) is 119 Å². The van der Waals surface area contributed by atoms with Gasteiger partial charge in [-0.1, -0.05) is 60.7 Å². The molecule has 1 amide bonds. The van der Waals surface area contributed by atoms with Crippen LogP contribution < -0.4 is 5.73 Å². The number of hydrogen-bond donors (Lipinski definition) is 2. The van der Waals surface area contributed by atoms with Gasteiger partial charge in [-0.05, 0) is 50.2 Å². The number of carbonyl (C=O) groups is 3. The lowest BCUT2D eigenvalue weighted by Gasteiger charge is -2.32. The van der Waals surface area contributed by atoms with Gasteiger partial charge >= 0.3 is 5.97 Å². The molecule has 8 heteroatoms. The van der Waals surface area contributed by atoms with Gasteiger partial charge in [0, 0.05) is 24.7 Å². The van der Waals surface area contributed by atoms with E-state index in [9.17, 15) is 14.4 Å². The highest BCUT2D eigenvalue weighted by Crippen LogP contribution is 2.55. The zero-order valence-electron chi connectivity index (χ0n) is 23.4. The second-order valence-electron chi connectivity index (χ2n) is 10.9. The molecule has 4 aliphatic rings. The molecule has 2 saturated carbocycles. The molecule has 2 aromatic carbocycles. The largest absolute Gasteiger partial charge is 0.466 e. The Morgan fingerprint density at radius 3 is 2.42 bits per heavy atom. The van der Waals surface area contributed by atoms with Crippen LogP contribution in [0.15, 0.2) is 60.7 Å². The van der Waals surface area contributed by atoms with E-state index in [2.05, 4.69) is 17.0 Å². The summed E-state index contributed by atoms with van der Waals surface area (Å²) >= 11 is 0. The smallest absolute Gasteiger partial charge is 0.306 e. The third-order valence-corrected chi connectivity index (χ3v) is 8.38. The number of hydrogen-bond acceptors (Lipinski definition) is 7. The minimum absolute atomic E-state index is 0.00398. The van der Waals surface area contributed by atoms with Gasteiger partial charge in [-0.15, -0.1) is 0 Å². The predicted molar refractivity (Wildman–Crippen MR) is 151 cm³/mol. The molecule has 3 N–H and O–H groups in total. The number of aliphatic hydroxyl groups excluding tert-OH is 1. The summed E-state index contributed by atoms with van der Waals surface area (Å²) in [6.07, 6.45) is 6.76. The minimum Gasteiger partial charge on any atom is -0.466 e. The fraction of sp³-hybridized carbons (Fsp3) is 0.531. The molecular formula is C32H42N2O6. The van der Waals surface area contributed by atoms with Gasteiger partial charge in [0.15, 0.2) is 0 Å². The van der Waals surface area contributed by atoms with Gasteiger partial charge in [0.25, 0.3) is 0 Å². The molecule has 2 aliphatic heterocycles. The van der Waals surface area contributed by atoms with E-state index in [-0.39, 0.29) is 54.4 Å². The lowest BCUT2D eigenvalue weighted by molar-refractivity contribution is -0.145. The first-order chi connectivity index (χ1) is 19.4. The standard InChI is InChI=1S/C15H17NO2.C9H14O3.C8H11NO/c17-14-9-12-7-4-8-15(12)16(14)13(10-18-15)11-5-2-1-3-6-11;1-2-12-9(11)6-7-4-3-5-8(7)10;9-8(6-10)7-4-2-1-3-5-7/h1-3,5-6,12-13H,4,7-10H2;7H,2-6H2,1H3;1-5,8,10H,6,9H2/t12-,13+,15+;;8-/m1.1/s1. The highest BCUT2D eigenvalue weighted by molar-refractivity contribution is 5.86. The number of rotatable bonds is 6. The Hall–Kier alpha value is -3.07. The molecule has 4 fully saturated rings. The lowest BCUT2D eigenvalue weighted by atomic mass is 10.0. The Morgan fingerprint density at radius 2 is 1.80 bits per heavy atom. The quantitative estimate of drug-likeness (QED) is 0.509. The van der Waals surface area contributed by atoms with Crippen molar-refractivity contribution in [2.24, 2.45) is 17.6 Å². The van der Waals surface area contributed by atoms with Crippen LogP contribution in [0.2, 0.25) is 0 Å². The third-order valence-electron chi connectivity index (χ3n) is 8.38. The van der Waals surface area contributed by atoms with Crippen molar-refractivity contribution >= 4 is 17.7 Å². The van der Waals surface area contributed by atoms with Gasteiger partial charge in [-0.2, -0.15) is 0 Å². The normalized spacial score (nSPS) is 27.2. The molecule has 0 radical (unpaired) electrons. The van der Waals surface area contributed by atoms with Crippen molar-refractivity contribution in [3.05, 3.63) is 71.8 Å². The van der Waals surface area contributed by atoms with E-state index < -0.39 is 0 Å². The van der Waals surface area contributed by atoms with Crippen molar-refractivity contribution in [2.75, 3.05) is 19.8 Å². The Morgan fingerprint density at radius 1 is 1.10 bits per heavy atom. The minimum atomic E-state index is -0.252. The van der Waals surface area contributed by atoms with Crippen LogP contribution in [-0.2, 0) is 23.9 Å². The highest BCUT2D eigenvalue weighted by Gasteiger charge is 2.61. The number of benzene rings is 2. The molecule has 1 unspecified atom stereocenters. The maximum Gasteiger partial charge on any atom is 0.306 e. The fourth-order valence-electron chi connectivity index (χ4n) is 6.38. The summed E-state index contributed by atoms with van der Waals surface area (Å²) in [4.78, 5) is 36.4. The second-order valence-corrected chi connectivity index (χ2v) is 10.9. The van der Waals surface area contributed by atoms with Crippen LogP contribution in [0.25, 0.3) is 0 Å². The van der Waals surface area contributed by atoms with Crippen LogP contribution in [0.3, 0.4) is 0 Å². The number of ether oxygens (including phenoxy) is 2. The molecule has 2 saturated heterocycles. The molecule has 6 rings (SSSR count). The van der Waals surface area contributed by atoms with E-state index in [1.165, 1.54) is 12.0 Å². The van der Waals surface area contributed by atoms with E-state index >= 15 is 0 Å². The van der Waals surface area contributed by atoms with Crippen molar-refractivity contribution < 1.29 is 29.0 Å². The van der Waals surface area contributed by atoms with Crippen LogP contribution in [-0.4, -0.2) is 53.2 Å². The number of nitrogens with two attached hydrogens (primary N) is 1. The average molecular weight is 551 g/mol. The Labute approximate surface area is 236 Å². The monoisotopic (exact) mass is 550 g/mol. The molecule has 0 aromatic heterocycles. The van der Waals surface area contributed by atoms with Gasteiger partial charge < -0.3 is 25.2 Å². The van der Waals surface area contributed by atoms with Crippen LogP contribution in [0.5, 0.6) is 0 Å². The van der Waals surface area contributed by atoms with Gasteiger partial charge in [-0.3, -0.25) is 14.4 Å². The van der Waals surface area contributed by atoms with Crippen molar-refractivity contribution in [1.82, 2.24) is 4.90 Å². The SMILES string of the molecule is CCOC(=O)CC1CCCC1=O.N[C@H](CO)c1ccccc1.O=C1C[C@H]2CCC[C@]23OC[C@@H](c2ccccc2)N13. The third kappa shape index (κ3) is 6.79. The molecular weight excluding hydrogens is 508 g/mol. The molecule has 2 heterocycles. The van der Waals surface area contributed by atoms with Crippen molar-refractivity contribution in [3.8, 4) is 0 Å². The molecule has 2 aromatic rings. The molecule has 2 aliphatic carbocycles. The van der Waals surface area contributed by atoms with Gasteiger partial charge in [-0.25, -0.2) is 0 Å². The Balaban J connectivity index is 0.000000148. The van der Waals surface area contributed by atoms with Gasteiger partial charge in [0.2, 0.25) is 5.91 Å². The summed E-state index contributed by atoms with van der Waals surface area (Å²) in [6.45, 7) is 2.84. The first kappa shape index (κ1) is 29.9. The number of amides is 1. The lowest BCUT2D eigenvalue weighted by Crippen LogP contribution is -2.43. The Kier molecular flexibility index (Phi) is 10.5. The van der Waals surface area contributed by atoms with Crippen molar-refractivity contribution in [2.45, 2.75) is 76.1 Å². The van der Waals surface area contributed by atoms with Crippen LogP contribution in [0.4, 0.5) is 0 Å². The second kappa shape index (κ2) is 14.0. The summed E-state index contributed by atoms with van der Waals surface area (Å²) in [6, 6.07) is 19.7. The predicted octanol–water partition coefficient (Wildman–Crippen LogP) is 4.47. The zero-order chi connectivity index (χ0) is 28.5. The molecule has 1 spiro atoms. The summed E-state index contributed by atoms with van der Waals surface area (Å²) in [5.74, 6) is 0.648. The number of nitrogens with zero attached hydrogens (tertiary/aromatic N) is 1. The van der Waals surface area contributed by atoms with E-state index in [4.69, 9.17) is 20.3 Å². The first-order valence-electron chi connectivity index (χ1n) is 14.5. The number of ketones is 1. The van der Waals surface area contributed by atoms with E-state index in [1.54, 1.807) is 6.92 Å². The molecule has 5 atom stereocenters. The van der Waals surface area contributed by atoms with Crippen molar-refractivity contribution in [1.29, 1.82) is 0 Å². The number of Topliss-reactive ketones (excluding diaryl/α,β-unsaturated/α-hetero) is 1. The number of aliphatic hydroxyl groups is 1. The highest BCUT2D eigenvalue weighted by atomic mass is 16.5. The van der Waals surface area contributed by atoms with Crippen LogP contribution in [0, 0.1) is 11.8 Å². The summed E-state index contributed by atoms with van der Waals surface area (Å²) in [7, 11) is 0.